The third-order valence-corrected chi connectivity index (χ3v) is 6.07. The Hall–Kier alpha value is -3.45. The summed E-state index contributed by atoms with van der Waals surface area (Å²) in [5.74, 6) is 1.68. The lowest BCUT2D eigenvalue weighted by Crippen LogP contribution is -2.24. The minimum atomic E-state index is -0.213. The van der Waals surface area contributed by atoms with Crippen LogP contribution in [0.1, 0.15) is 22.8 Å². The molecule has 150 valence electrons. The number of amides is 1. The monoisotopic (exact) mass is 416 g/mol. The summed E-state index contributed by atoms with van der Waals surface area (Å²) in [6, 6.07) is 19.5. The molecule has 0 unspecified atom stereocenters. The van der Waals surface area contributed by atoms with Gasteiger partial charge in [0, 0.05) is 13.1 Å². The van der Waals surface area contributed by atoms with Crippen LogP contribution >= 0.6 is 11.3 Å². The molecule has 1 amide bonds. The van der Waals surface area contributed by atoms with Crippen LogP contribution in [-0.4, -0.2) is 27.0 Å². The molecule has 0 saturated carbocycles. The summed E-state index contributed by atoms with van der Waals surface area (Å²) < 4.78 is 9.04. The highest BCUT2D eigenvalue weighted by Gasteiger charge is 2.15. The van der Waals surface area contributed by atoms with Gasteiger partial charge in [-0.2, -0.15) is 0 Å². The Bertz CT molecular complexity index is 1310. The first-order chi connectivity index (χ1) is 14.7. The summed E-state index contributed by atoms with van der Waals surface area (Å²) in [5, 5.41) is 3.71. The molecule has 2 aromatic carbocycles. The second-order valence-electron chi connectivity index (χ2n) is 7.06. The van der Waals surface area contributed by atoms with Gasteiger partial charge >= 0.3 is 0 Å². The number of rotatable bonds is 6. The Balaban J connectivity index is 1.20. The number of carbonyl (C=O) groups is 1. The van der Waals surface area contributed by atoms with Gasteiger partial charge in [-0.1, -0.05) is 24.3 Å². The Morgan fingerprint density at radius 1 is 1.03 bits per heavy atom. The number of aromatic nitrogens is 3. The third kappa shape index (κ3) is 3.48. The van der Waals surface area contributed by atoms with Gasteiger partial charge in [0.15, 0.2) is 16.5 Å². The summed E-state index contributed by atoms with van der Waals surface area (Å²) in [4.78, 5) is 21.6. The molecule has 0 saturated heterocycles. The Morgan fingerprint density at radius 2 is 1.83 bits per heavy atom. The van der Waals surface area contributed by atoms with Crippen LogP contribution in [0.15, 0.2) is 65.1 Å². The number of fused-ring (bicyclic) bond motifs is 2. The number of nitrogens with one attached hydrogen (secondary N) is 1. The van der Waals surface area contributed by atoms with E-state index in [1.807, 2.05) is 49.4 Å². The lowest BCUT2D eigenvalue weighted by atomic mass is 10.3. The zero-order valence-electron chi connectivity index (χ0n) is 16.5. The van der Waals surface area contributed by atoms with E-state index in [0.29, 0.717) is 18.1 Å². The molecule has 5 rings (SSSR count). The molecule has 0 aliphatic heterocycles. The number of hydrogen-bond acceptors (Lipinski definition) is 5. The number of para-hydroxylation sites is 3. The third-order valence-electron chi connectivity index (χ3n) is 5.02. The second-order valence-corrected chi connectivity index (χ2v) is 8.09. The van der Waals surface area contributed by atoms with Crippen molar-refractivity contribution in [2.75, 3.05) is 6.54 Å². The Labute approximate surface area is 177 Å². The van der Waals surface area contributed by atoms with Crippen molar-refractivity contribution < 1.29 is 9.21 Å². The van der Waals surface area contributed by atoms with E-state index < -0.39 is 0 Å². The van der Waals surface area contributed by atoms with Gasteiger partial charge in [-0.15, -0.1) is 11.3 Å². The molecule has 6 nitrogen and oxygen atoms in total. The van der Waals surface area contributed by atoms with Gasteiger partial charge in [-0.3, -0.25) is 4.79 Å². The molecule has 7 heteroatoms. The highest BCUT2D eigenvalue weighted by atomic mass is 32.1. The van der Waals surface area contributed by atoms with Crippen LogP contribution in [0.25, 0.3) is 32.0 Å². The number of furan rings is 1. The van der Waals surface area contributed by atoms with E-state index in [1.165, 1.54) is 0 Å². The first-order valence-electron chi connectivity index (χ1n) is 9.85. The highest BCUT2D eigenvalue weighted by Crippen LogP contribution is 2.31. The molecule has 0 spiro atoms. The number of benzene rings is 2. The zero-order chi connectivity index (χ0) is 20.5. The predicted molar refractivity (Wildman–Crippen MR) is 119 cm³/mol. The van der Waals surface area contributed by atoms with Gasteiger partial charge in [-0.05, 0) is 49.7 Å². The molecule has 5 aromatic rings. The van der Waals surface area contributed by atoms with Crippen LogP contribution in [-0.2, 0) is 6.54 Å². The largest absolute Gasteiger partial charge is 0.448 e. The van der Waals surface area contributed by atoms with Crippen molar-refractivity contribution in [3.63, 3.8) is 0 Å². The summed E-state index contributed by atoms with van der Waals surface area (Å²) in [7, 11) is 0. The summed E-state index contributed by atoms with van der Waals surface area (Å²) in [6.07, 6.45) is 0.804. The summed E-state index contributed by atoms with van der Waals surface area (Å²) >= 11 is 1.55. The molecular weight excluding hydrogens is 396 g/mol. The van der Waals surface area contributed by atoms with Gasteiger partial charge in [-0.25, -0.2) is 9.97 Å². The SMILES string of the molecule is Cc1nc2ccccc2n1CCCNC(=O)c1ccc(-c2nc3ccccc3s2)o1. The molecule has 30 heavy (non-hydrogen) atoms. The fourth-order valence-corrected chi connectivity index (χ4v) is 4.48. The quantitative estimate of drug-likeness (QED) is 0.394. The summed E-state index contributed by atoms with van der Waals surface area (Å²) in [6.45, 7) is 3.36. The van der Waals surface area contributed by atoms with Crippen LogP contribution < -0.4 is 5.32 Å². The highest BCUT2D eigenvalue weighted by molar-refractivity contribution is 7.21. The van der Waals surface area contributed by atoms with E-state index in [2.05, 4.69) is 25.9 Å². The first-order valence-corrected chi connectivity index (χ1v) is 10.7. The van der Waals surface area contributed by atoms with Crippen LogP contribution in [0.4, 0.5) is 0 Å². The number of nitrogens with zero attached hydrogens (tertiary/aromatic N) is 3. The molecule has 0 fully saturated rings. The van der Waals surface area contributed by atoms with Crippen molar-refractivity contribution in [1.29, 1.82) is 0 Å². The smallest absolute Gasteiger partial charge is 0.287 e. The topological polar surface area (TPSA) is 73.0 Å². The van der Waals surface area contributed by atoms with Crippen molar-refractivity contribution >= 4 is 38.5 Å². The van der Waals surface area contributed by atoms with Crippen molar-refractivity contribution in [1.82, 2.24) is 19.9 Å². The fraction of sp³-hybridized carbons (Fsp3) is 0.174. The van der Waals surface area contributed by atoms with Gasteiger partial charge in [0.05, 0.1) is 21.3 Å². The van der Waals surface area contributed by atoms with Crippen LogP contribution in [0.5, 0.6) is 0 Å². The fourth-order valence-electron chi connectivity index (χ4n) is 3.56. The van der Waals surface area contributed by atoms with E-state index in [4.69, 9.17) is 4.42 Å². The number of carbonyl (C=O) groups excluding carboxylic acids is 1. The maximum absolute atomic E-state index is 12.5. The molecule has 3 heterocycles. The van der Waals surface area contributed by atoms with E-state index in [-0.39, 0.29) is 5.91 Å². The average Bonchev–Trinajstić information content (AvgIpc) is 3.47. The zero-order valence-corrected chi connectivity index (χ0v) is 17.3. The normalized spacial score (nSPS) is 11.4. The molecule has 1 N–H and O–H groups in total. The maximum atomic E-state index is 12.5. The first kappa shape index (κ1) is 18.6. The standard InChI is InChI=1S/C23H20N4O2S/c1-15-25-16-7-2-4-9-18(16)27(15)14-6-13-24-22(28)19-11-12-20(29-19)23-26-17-8-3-5-10-21(17)30-23/h2-5,7-12H,6,13-14H2,1H3,(H,24,28). The minimum absolute atomic E-state index is 0.213. The van der Waals surface area contributed by atoms with E-state index >= 15 is 0 Å². The lowest BCUT2D eigenvalue weighted by Gasteiger charge is -2.07. The Kier molecular flexibility index (Phi) is 4.80. The van der Waals surface area contributed by atoms with Gasteiger partial charge < -0.3 is 14.3 Å². The van der Waals surface area contributed by atoms with Crippen molar-refractivity contribution in [2.24, 2.45) is 0 Å². The molecule has 0 radical (unpaired) electrons. The van der Waals surface area contributed by atoms with E-state index in [0.717, 1.165) is 45.0 Å². The predicted octanol–water partition coefficient (Wildman–Crippen LogP) is 5.03. The number of thiazole rings is 1. The second kappa shape index (κ2) is 7.76. The van der Waals surface area contributed by atoms with E-state index in [1.54, 1.807) is 23.5 Å². The molecule has 0 atom stereocenters. The molecule has 0 aliphatic rings. The van der Waals surface area contributed by atoms with Crippen molar-refractivity contribution in [2.45, 2.75) is 19.9 Å². The maximum Gasteiger partial charge on any atom is 0.287 e. The van der Waals surface area contributed by atoms with Crippen LogP contribution in [0.3, 0.4) is 0 Å². The summed E-state index contributed by atoms with van der Waals surface area (Å²) in [5.41, 5.74) is 3.05. The van der Waals surface area contributed by atoms with Gasteiger partial charge in [0.1, 0.15) is 5.82 Å². The minimum Gasteiger partial charge on any atom is -0.448 e. The Morgan fingerprint density at radius 3 is 2.70 bits per heavy atom. The van der Waals surface area contributed by atoms with Gasteiger partial charge in [0.25, 0.3) is 5.91 Å². The van der Waals surface area contributed by atoms with E-state index in [9.17, 15) is 4.79 Å². The lowest BCUT2D eigenvalue weighted by molar-refractivity contribution is 0.0926. The number of aryl methyl sites for hydroxylation is 2. The molecule has 0 aliphatic carbocycles. The molecule has 3 aromatic heterocycles. The van der Waals surface area contributed by atoms with Crippen LogP contribution in [0.2, 0.25) is 0 Å². The average molecular weight is 417 g/mol. The molecular formula is C23H20N4O2S. The van der Waals surface area contributed by atoms with Crippen molar-refractivity contribution in [3.8, 4) is 10.8 Å². The molecule has 0 bridgehead atoms. The van der Waals surface area contributed by atoms with Crippen molar-refractivity contribution in [3.05, 3.63) is 72.2 Å². The number of imidazole rings is 1. The number of hydrogen-bond donors (Lipinski definition) is 1. The van der Waals surface area contributed by atoms with Crippen LogP contribution in [0, 0.1) is 6.92 Å². The van der Waals surface area contributed by atoms with Gasteiger partial charge in [0.2, 0.25) is 0 Å².